The fraction of sp³-hybridized carbons (Fsp3) is 0.417. The number of hydrogen-bond acceptors (Lipinski definition) is 4. The molecule has 2 atom stereocenters. The maximum Gasteiger partial charge on any atom is 0.129 e. The molecule has 0 bridgehead atoms. The van der Waals surface area contributed by atoms with Gasteiger partial charge in [-0.2, -0.15) is 12.6 Å². The van der Waals surface area contributed by atoms with E-state index in [9.17, 15) is 0 Å². The summed E-state index contributed by atoms with van der Waals surface area (Å²) < 4.78 is 0. The molecule has 0 radical (unpaired) electrons. The Balaban J connectivity index is 2.31. The Labute approximate surface area is 102 Å². The van der Waals surface area contributed by atoms with Crippen LogP contribution in [0.4, 0.5) is 0 Å². The smallest absolute Gasteiger partial charge is 0.129 e. The summed E-state index contributed by atoms with van der Waals surface area (Å²) in [6, 6.07) is 8.28. The van der Waals surface area contributed by atoms with Crippen molar-refractivity contribution in [2.24, 2.45) is 10.7 Å². The predicted molar refractivity (Wildman–Crippen MR) is 71.1 cm³/mol. The number of nitrogens with one attached hydrogen (secondary N) is 1. The minimum Gasteiger partial charge on any atom is -0.357 e. The third-order valence-corrected chi connectivity index (χ3v) is 3.32. The summed E-state index contributed by atoms with van der Waals surface area (Å²) in [5, 5.41) is 3.23. The van der Waals surface area contributed by atoms with E-state index in [1.54, 1.807) is 0 Å². The largest absolute Gasteiger partial charge is 0.357 e. The number of aryl methyl sites for hydroxylation is 1. The first-order valence-electron chi connectivity index (χ1n) is 5.55. The molecule has 86 valence electrons. The fourth-order valence-corrected chi connectivity index (χ4v) is 2.03. The van der Waals surface area contributed by atoms with Gasteiger partial charge >= 0.3 is 0 Å². The predicted octanol–water partition coefficient (Wildman–Crippen LogP) is 1.18. The molecule has 0 amide bonds. The zero-order chi connectivity index (χ0) is 11.5. The molecular formula is C12H17N3S. The van der Waals surface area contributed by atoms with Crippen LogP contribution in [0.2, 0.25) is 0 Å². The molecule has 1 aliphatic rings. The molecule has 0 spiro atoms. The van der Waals surface area contributed by atoms with E-state index in [2.05, 4.69) is 48.1 Å². The molecule has 3 N–H and O–H groups in total. The second-order valence-corrected chi connectivity index (χ2v) is 4.51. The molecule has 2 rings (SSSR count). The number of hydrogen-bond donors (Lipinski definition) is 3. The van der Waals surface area contributed by atoms with Crippen LogP contribution in [0, 0.1) is 0 Å². The summed E-state index contributed by atoms with van der Waals surface area (Å²) in [5.41, 5.74) is 8.30. The van der Waals surface area contributed by atoms with E-state index < -0.39 is 0 Å². The van der Waals surface area contributed by atoms with Crippen molar-refractivity contribution < 1.29 is 0 Å². The van der Waals surface area contributed by atoms with E-state index in [-0.39, 0.29) is 11.4 Å². The van der Waals surface area contributed by atoms with Gasteiger partial charge in [0.15, 0.2) is 0 Å². The number of amidine groups is 1. The maximum atomic E-state index is 5.84. The molecule has 16 heavy (non-hydrogen) atoms. The van der Waals surface area contributed by atoms with Gasteiger partial charge in [-0.3, -0.25) is 4.99 Å². The maximum absolute atomic E-state index is 5.84. The Morgan fingerprint density at radius 1 is 1.50 bits per heavy atom. The third-order valence-electron chi connectivity index (χ3n) is 2.80. The van der Waals surface area contributed by atoms with Gasteiger partial charge in [0.1, 0.15) is 5.84 Å². The van der Waals surface area contributed by atoms with Crippen molar-refractivity contribution in [2.75, 3.05) is 6.54 Å². The van der Waals surface area contributed by atoms with E-state index in [1.807, 2.05) is 6.07 Å². The minimum absolute atomic E-state index is 0.0131. The minimum atomic E-state index is -0.0163. The molecule has 0 saturated carbocycles. The highest BCUT2D eigenvalue weighted by Gasteiger charge is 2.21. The number of aliphatic imine (C=N–C) groups is 1. The molecule has 1 heterocycles. The van der Waals surface area contributed by atoms with Crippen molar-refractivity contribution in [2.45, 2.75) is 24.8 Å². The molecule has 0 saturated heterocycles. The average Bonchev–Trinajstić information content (AvgIpc) is 2.32. The second-order valence-electron chi connectivity index (χ2n) is 3.95. The number of thiol groups is 1. The van der Waals surface area contributed by atoms with Crippen LogP contribution in [0.15, 0.2) is 29.3 Å². The Morgan fingerprint density at radius 2 is 2.25 bits per heavy atom. The zero-order valence-electron chi connectivity index (χ0n) is 9.35. The molecule has 0 aliphatic carbocycles. The van der Waals surface area contributed by atoms with Gasteiger partial charge in [-0.1, -0.05) is 31.2 Å². The summed E-state index contributed by atoms with van der Waals surface area (Å²) in [6.07, 6.45) is 1.00. The first-order chi connectivity index (χ1) is 7.72. The van der Waals surface area contributed by atoms with Gasteiger partial charge in [-0.25, -0.2) is 0 Å². The Morgan fingerprint density at radius 3 is 2.94 bits per heavy atom. The lowest BCUT2D eigenvalue weighted by molar-refractivity contribution is 0.595. The number of benzene rings is 1. The molecule has 3 nitrogen and oxygen atoms in total. The quantitative estimate of drug-likeness (QED) is 0.674. The summed E-state index contributed by atoms with van der Waals surface area (Å²) in [5.74, 6) is 0.916. The standard InChI is InChI=1S/C12H17N3S/c1-2-8-5-3-4-6-9(8)11-14-7-10(13)12(16)15-11/h3-6,10,12,16H,2,7,13H2,1H3,(H,14,15). The Kier molecular flexibility index (Phi) is 3.51. The zero-order valence-corrected chi connectivity index (χ0v) is 10.2. The van der Waals surface area contributed by atoms with Gasteiger partial charge in [0.05, 0.1) is 18.0 Å². The summed E-state index contributed by atoms with van der Waals surface area (Å²) in [4.78, 5) is 4.47. The lowest BCUT2D eigenvalue weighted by atomic mass is 10.0. The molecular weight excluding hydrogens is 218 g/mol. The van der Waals surface area contributed by atoms with Crippen LogP contribution < -0.4 is 11.1 Å². The average molecular weight is 235 g/mol. The van der Waals surface area contributed by atoms with E-state index in [0.29, 0.717) is 6.54 Å². The van der Waals surface area contributed by atoms with E-state index in [0.717, 1.165) is 17.8 Å². The lowest BCUT2D eigenvalue weighted by Gasteiger charge is -2.27. The molecule has 1 aromatic rings. The molecule has 1 aliphatic heterocycles. The fourth-order valence-electron chi connectivity index (χ4n) is 1.81. The second kappa shape index (κ2) is 4.89. The highest BCUT2D eigenvalue weighted by Crippen LogP contribution is 2.13. The highest BCUT2D eigenvalue weighted by atomic mass is 32.1. The Hall–Kier alpha value is -1.00. The number of rotatable bonds is 2. The topological polar surface area (TPSA) is 50.4 Å². The van der Waals surface area contributed by atoms with Crippen molar-refractivity contribution in [3.05, 3.63) is 35.4 Å². The highest BCUT2D eigenvalue weighted by molar-refractivity contribution is 7.81. The summed E-state index contributed by atoms with van der Waals surface area (Å²) in [6.45, 7) is 2.78. The van der Waals surface area contributed by atoms with Crippen LogP contribution in [0.5, 0.6) is 0 Å². The lowest BCUT2D eigenvalue weighted by Crippen LogP contribution is -2.50. The van der Waals surface area contributed by atoms with Gasteiger partial charge in [-0.15, -0.1) is 0 Å². The van der Waals surface area contributed by atoms with Crippen LogP contribution in [-0.4, -0.2) is 23.8 Å². The molecule has 2 unspecified atom stereocenters. The van der Waals surface area contributed by atoms with E-state index in [1.165, 1.54) is 5.56 Å². The van der Waals surface area contributed by atoms with Gasteiger partial charge in [0.25, 0.3) is 0 Å². The van der Waals surface area contributed by atoms with Gasteiger partial charge in [-0.05, 0) is 12.0 Å². The van der Waals surface area contributed by atoms with Crippen molar-refractivity contribution in [3.63, 3.8) is 0 Å². The van der Waals surface area contributed by atoms with Gasteiger partial charge in [0.2, 0.25) is 0 Å². The first kappa shape index (κ1) is 11.5. The van der Waals surface area contributed by atoms with Crippen LogP contribution >= 0.6 is 12.6 Å². The van der Waals surface area contributed by atoms with Gasteiger partial charge < -0.3 is 11.1 Å². The van der Waals surface area contributed by atoms with Crippen molar-refractivity contribution in [3.8, 4) is 0 Å². The monoisotopic (exact) mass is 235 g/mol. The summed E-state index contributed by atoms with van der Waals surface area (Å²) >= 11 is 4.41. The van der Waals surface area contributed by atoms with E-state index >= 15 is 0 Å². The molecule has 4 heteroatoms. The molecule has 0 fully saturated rings. The van der Waals surface area contributed by atoms with Crippen LogP contribution in [0.3, 0.4) is 0 Å². The van der Waals surface area contributed by atoms with Crippen molar-refractivity contribution in [1.29, 1.82) is 0 Å². The number of nitrogens with zero attached hydrogens (tertiary/aromatic N) is 1. The number of nitrogens with two attached hydrogens (primary N) is 1. The third kappa shape index (κ3) is 2.23. The first-order valence-corrected chi connectivity index (χ1v) is 6.07. The van der Waals surface area contributed by atoms with Crippen LogP contribution in [-0.2, 0) is 6.42 Å². The molecule has 1 aromatic carbocycles. The van der Waals surface area contributed by atoms with Crippen molar-refractivity contribution in [1.82, 2.24) is 5.32 Å². The molecule has 0 aromatic heterocycles. The van der Waals surface area contributed by atoms with Gasteiger partial charge in [0, 0.05) is 5.56 Å². The van der Waals surface area contributed by atoms with Crippen LogP contribution in [0.25, 0.3) is 0 Å². The normalized spacial score (nSPS) is 24.8. The van der Waals surface area contributed by atoms with Crippen LogP contribution in [0.1, 0.15) is 18.1 Å². The summed E-state index contributed by atoms with van der Waals surface area (Å²) in [7, 11) is 0. The van der Waals surface area contributed by atoms with Crippen molar-refractivity contribution >= 4 is 18.5 Å². The SMILES string of the molecule is CCc1ccccc1C1=NCC(N)C(S)N1. The van der Waals surface area contributed by atoms with E-state index in [4.69, 9.17) is 5.73 Å². The Bertz CT molecular complexity index is 403.